The maximum atomic E-state index is 12.0. The van der Waals surface area contributed by atoms with Crippen LogP contribution in [-0.4, -0.2) is 29.6 Å². The van der Waals surface area contributed by atoms with Crippen molar-refractivity contribution in [3.63, 3.8) is 0 Å². The number of hydrogen-bond donors (Lipinski definition) is 0. The molecule has 0 spiro atoms. The maximum absolute atomic E-state index is 12.0. The van der Waals surface area contributed by atoms with E-state index >= 15 is 0 Å². The molecule has 2 rings (SSSR count). The van der Waals surface area contributed by atoms with Crippen molar-refractivity contribution in [3.8, 4) is 0 Å². The number of carbonyl (C=O) groups excluding carboxylic acids is 2. The SMILES string of the molecule is CCCOC(=O)c1cc(C(=O)OCC)c2ccccn12. The van der Waals surface area contributed by atoms with E-state index in [1.807, 2.05) is 6.92 Å². The Morgan fingerprint density at radius 3 is 2.65 bits per heavy atom. The largest absolute Gasteiger partial charge is 0.462 e. The van der Waals surface area contributed by atoms with Crippen LogP contribution in [0.5, 0.6) is 0 Å². The highest BCUT2D eigenvalue weighted by Crippen LogP contribution is 2.19. The monoisotopic (exact) mass is 275 g/mol. The van der Waals surface area contributed by atoms with Crippen molar-refractivity contribution in [3.05, 3.63) is 41.7 Å². The molecule has 0 saturated carbocycles. The third-order valence-corrected chi connectivity index (χ3v) is 2.82. The molecule has 0 bridgehead atoms. The van der Waals surface area contributed by atoms with Crippen LogP contribution in [0.2, 0.25) is 0 Å². The highest BCUT2D eigenvalue weighted by molar-refractivity contribution is 6.01. The third kappa shape index (κ3) is 2.66. The fourth-order valence-electron chi connectivity index (χ4n) is 1.95. The van der Waals surface area contributed by atoms with Crippen LogP contribution in [0.15, 0.2) is 30.5 Å². The van der Waals surface area contributed by atoms with Crippen molar-refractivity contribution in [2.24, 2.45) is 0 Å². The Labute approximate surface area is 117 Å². The fraction of sp³-hybridized carbons (Fsp3) is 0.333. The molecule has 0 atom stereocenters. The van der Waals surface area contributed by atoms with Crippen LogP contribution in [0, 0.1) is 0 Å². The molecular weight excluding hydrogens is 258 g/mol. The Morgan fingerprint density at radius 1 is 1.15 bits per heavy atom. The summed E-state index contributed by atoms with van der Waals surface area (Å²) < 4.78 is 11.8. The van der Waals surface area contributed by atoms with E-state index in [1.54, 1.807) is 35.7 Å². The molecule has 20 heavy (non-hydrogen) atoms. The minimum atomic E-state index is -0.441. The van der Waals surface area contributed by atoms with Gasteiger partial charge in [0.2, 0.25) is 0 Å². The lowest BCUT2D eigenvalue weighted by molar-refractivity contribution is 0.0497. The lowest BCUT2D eigenvalue weighted by atomic mass is 10.2. The molecule has 5 heteroatoms. The summed E-state index contributed by atoms with van der Waals surface area (Å²) in [5, 5.41) is 0. The van der Waals surface area contributed by atoms with E-state index in [-0.39, 0.29) is 0 Å². The topological polar surface area (TPSA) is 57.0 Å². The Bertz CT molecular complexity index is 630. The normalized spacial score (nSPS) is 10.5. The molecule has 5 nitrogen and oxygen atoms in total. The number of rotatable bonds is 5. The Balaban J connectivity index is 2.45. The van der Waals surface area contributed by atoms with Gasteiger partial charge in [0.1, 0.15) is 5.69 Å². The first-order valence-corrected chi connectivity index (χ1v) is 6.63. The van der Waals surface area contributed by atoms with Crippen molar-refractivity contribution in [2.75, 3.05) is 13.2 Å². The van der Waals surface area contributed by atoms with Crippen LogP contribution in [-0.2, 0) is 9.47 Å². The van der Waals surface area contributed by atoms with Crippen LogP contribution < -0.4 is 0 Å². The molecule has 106 valence electrons. The second-order valence-corrected chi connectivity index (χ2v) is 4.26. The Hall–Kier alpha value is -2.30. The number of nitrogens with zero attached hydrogens (tertiary/aromatic N) is 1. The molecule has 2 aromatic rings. The summed E-state index contributed by atoms with van der Waals surface area (Å²) in [5.74, 6) is -0.880. The van der Waals surface area contributed by atoms with Gasteiger partial charge in [-0.15, -0.1) is 0 Å². The van der Waals surface area contributed by atoms with Crippen LogP contribution >= 0.6 is 0 Å². The minimum absolute atomic E-state index is 0.290. The van der Waals surface area contributed by atoms with Gasteiger partial charge in [0, 0.05) is 6.20 Å². The number of ether oxygens (including phenoxy) is 2. The first-order valence-electron chi connectivity index (χ1n) is 6.63. The molecule has 0 aliphatic heterocycles. The van der Waals surface area contributed by atoms with E-state index in [4.69, 9.17) is 9.47 Å². The Kier molecular flexibility index (Phi) is 4.40. The van der Waals surface area contributed by atoms with Gasteiger partial charge in [0.15, 0.2) is 0 Å². The fourth-order valence-corrected chi connectivity index (χ4v) is 1.95. The van der Waals surface area contributed by atoms with E-state index in [2.05, 4.69) is 0 Å². The van der Waals surface area contributed by atoms with Crippen molar-refractivity contribution in [1.82, 2.24) is 4.40 Å². The van der Waals surface area contributed by atoms with Gasteiger partial charge in [0.05, 0.1) is 24.3 Å². The number of aromatic nitrogens is 1. The summed E-state index contributed by atoms with van der Waals surface area (Å²) in [6.07, 6.45) is 2.47. The van der Waals surface area contributed by atoms with Crippen LogP contribution in [0.25, 0.3) is 5.52 Å². The second kappa shape index (κ2) is 6.23. The predicted molar refractivity (Wildman–Crippen MR) is 73.9 cm³/mol. The van der Waals surface area contributed by atoms with Crippen molar-refractivity contribution in [2.45, 2.75) is 20.3 Å². The molecule has 0 radical (unpaired) electrons. The van der Waals surface area contributed by atoms with Crippen molar-refractivity contribution < 1.29 is 19.1 Å². The zero-order valence-electron chi connectivity index (χ0n) is 11.6. The quantitative estimate of drug-likeness (QED) is 0.787. The lowest BCUT2D eigenvalue weighted by Crippen LogP contribution is -2.08. The predicted octanol–water partition coefficient (Wildman–Crippen LogP) is 2.68. The number of esters is 2. The summed E-state index contributed by atoms with van der Waals surface area (Å²) in [7, 11) is 0. The standard InChI is InChI=1S/C15H17NO4/c1-3-9-20-15(18)13-10-11(14(17)19-4-2)12-7-5-6-8-16(12)13/h5-8,10H,3-4,9H2,1-2H3. The maximum Gasteiger partial charge on any atom is 0.355 e. The average molecular weight is 275 g/mol. The molecule has 0 unspecified atom stereocenters. The zero-order chi connectivity index (χ0) is 14.5. The highest BCUT2D eigenvalue weighted by atomic mass is 16.5. The van der Waals surface area contributed by atoms with Crippen LogP contribution in [0.3, 0.4) is 0 Å². The minimum Gasteiger partial charge on any atom is -0.462 e. The lowest BCUT2D eigenvalue weighted by Gasteiger charge is -2.03. The van der Waals surface area contributed by atoms with Crippen molar-refractivity contribution in [1.29, 1.82) is 0 Å². The van der Waals surface area contributed by atoms with Gasteiger partial charge in [-0.05, 0) is 31.5 Å². The first-order chi connectivity index (χ1) is 9.69. The molecule has 0 fully saturated rings. The molecule has 2 heterocycles. The van der Waals surface area contributed by atoms with E-state index in [9.17, 15) is 9.59 Å². The molecule has 0 amide bonds. The van der Waals surface area contributed by atoms with Gasteiger partial charge in [-0.2, -0.15) is 0 Å². The summed E-state index contributed by atoms with van der Waals surface area (Å²) in [4.78, 5) is 23.9. The van der Waals surface area contributed by atoms with Gasteiger partial charge < -0.3 is 13.9 Å². The van der Waals surface area contributed by atoms with Gasteiger partial charge >= 0.3 is 11.9 Å². The van der Waals surface area contributed by atoms with Gasteiger partial charge in [0.25, 0.3) is 0 Å². The first kappa shape index (κ1) is 14.1. The van der Waals surface area contributed by atoms with E-state index in [0.717, 1.165) is 6.42 Å². The average Bonchev–Trinajstić information content (AvgIpc) is 2.85. The smallest absolute Gasteiger partial charge is 0.355 e. The van der Waals surface area contributed by atoms with Gasteiger partial charge in [-0.3, -0.25) is 0 Å². The number of pyridine rings is 1. The summed E-state index contributed by atoms with van der Waals surface area (Å²) >= 11 is 0. The number of fused-ring (bicyclic) bond motifs is 1. The number of carbonyl (C=O) groups is 2. The number of hydrogen-bond acceptors (Lipinski definition) is 4. The molecule has 2 aromatic heterocycles. The summed E-state index contributed by atoms with van der Waals surface area (Å²) in [6.45, 7) is 4.31. The van der Waals surface area contributed by atoms with E-state index in [0.29, 0.717) is 30.0 Å². The molecule has 0 aromatic carbocycles. The third-order valence-electron chi connectivity index (χ3n) is 2.82. The molecule has 0 aliphatic carbocycles. The van der Waals surface area contributed by atoms with Gasteiger partial charge in [-0.25, -0.2) is 9.59 Å². The van der Waals surface area contributed by atoms with Crippen LogP contribution in [0.1, 0.15) is 41.1 Å². The summed E-state index contributed by atoms with van der Waals surface area (Å²) in [5.41, 5.74) is 1.34. The zero-order valence-corrected chi connectivity index (χ0v) is 11.6. The molecular formula is C15H17NO4. The Morgan fingerprint density at radius 2 is 1.95 bits per heavy atom. The van der Waals surface area contributed by atoms with E-state index < -0.39 is 11.9 Å². The van der Waals surface area contributed by atoms with E-state index in [1.165, 1.54) is 6.07 Å². The summed E-state index contributed by atoms with van der Waals surface area (Å²) in [6, 6.07) is 6.88. The van der Waals surface area contributed by atoms with Crippen molar-refractivity contribution >= 4 is 17.5 Å². The molecule has 0 saturated heterocycles. The molecule has 0 aliphatic rings. The molecule has 0 N–H and O–H groups in total. The second-order valence-electron chi connectivity index (χ2n) is 4.26. The van der Waals surface area contributed by atoms with Crippen LogP contribution in [0.4, 0.5) is 0 Å². The highest BCUT2D eigenvalue weighted by Gasteiger charge is 2.20. The van der Waals surface area contributed by atoms with Gasteiger partial charge in [-0.1, -0.05) is 13.0 Å².